The third-order valence-electron chi connectivity index (χ3n) is 4.60. The molecule has 1 aliphatic rings. The molecule has 5 nitrogen and oxygen atoms in total. The van der Waals surface area contributed by atoms with E-state index in [0.717, 1.165) is 21.8 Å². The molecule has 1 aromatic carbocycles. The van der Waals surface area contributed by atoms with E-state index >= 15 is 0 Å². The van der Waals surface area contributed by atoms with Gasteiger partial charge in [0.05, 0.1) is 10.9 Å². The van der Waals surface area contributed by atoms with Gasteiger partial charge in [-0.15, -0.1) is 23.1 Å². The summed E-state index contributed by atoms with van der Waals surface area (Å²) in [6.07, 6.45) is 5.68. The molecule has 1 saturated carbocycles. The van der Waals surface area contributed by atoms with Crippen LogP contribution in [0.2, 0.25) is 0 Å². The Balaban J connectivity index is 1.40. The molecular formula is C17H20N4OS2. The summed E-state index contributed by atoms with van der Waals surface area (Å²) in [7, 11) is 0. The van der Waals surface area contributed by atoms with Crippen molar-refractivity contribution < 1.29 is 0 Å². The van der Waals surface area contributed by atoms with Gasteiger partial charge in [0, 0.05) is 27.8 Å². The van der Waals surface area contributed by atoms with Gasteiger partial charge < -0.3 is 5.32 Å². The Hall–Kier alpha value is -1.73. The SMILES string of the molecule is Cc1cnc(NC2CCCC2CSc2ccc3c(=O)[nH][nH]c3c2)s1. The molecule has 0 spiro atoms. The first kappa shape index (κ1) is 15.8. The number of hydrogen-bond acceptors (Lipinski definition) is 5. The minimum atomic E-state index is -0.0552. The van der Waals surface area contributed by atoms with Crippen LogP contribution in [-0.4, -0.2) is 27.0 Å². The Morgan fingerprint density at radius 3 is 3.12 bits per heavy atom. The van der Waals surface area contributed by atoms with E-state index in [0.29, 0.717) is 12.0 Å². The molecule has 4 rings (SSSR count). The van der Waals surface area contributed by atoms with E-state index in [1.807, 2.05) is 30.1 Å². The summed E-state index contributed by atoms with van der Waals surface area (Å²) < 4.78 is 0. The smallest absolute Gasteiger partial charge is 0.271 e. The molecule has 7 heteroatoms. The van der Waals surface area contributed by atoms with Gasteiger partial charge in [0.1, 0.15) is 0 Å². The second kappa shape index (κ2) is 6.64. The number of fused-ring (bicyclic) bond motifs is 1. The van der Waals surface area contributed by atoms with Crippen LogP contribution in [-0.2, 0) is 0 Å². The maximum Gasteiger partial charge on any atom is 0.271 e. The predicted octanol–water partition coefficient (Wildman–Crippen LogP) is 3.99. The molecule has 0 aliphatic heterocycles. The molecule has 0 bridgehead atoms. The third kappa shape index (κ3) is 3.23. The summed E-state index contributed by atoms with van der Waals surface area (Å²) in [6, 6.07) is 6.51. The van der Waals surface area contributed by atoms with Crippen LogP contribution in [0.4, 0.5) is 5.13 Å². The second-order valence-electron chi connectivity index (χ2n) is 6.32. The lowest BCUT2D eigenvalue weighted by Crippen LogP contribution is -2.25. The molecule has 2 unspecified atom stereocenters. The van der Waals surface area contributed by atoms with Gasteiger partial charge in [0.15, 0.2) is 5.13 Å². The van der Waals surface area contributed by atoms with Gasteiger partial charge in [0.25, 0.3) is 5.56 Å². The van der Waals surface area contributed by atoms with E-state index in [9.17, 15) is 4.79 Å². The lowest BCUT2D eigenvalue weighted by atomic mass is 10.1. The number of rotatable bonds is 5. The van der Waals surface area contributed by atoms with Crippen molar-refractivity contribution >= 4 is 39.1 Å². The van der Waals surface area contributed by atoms with Crippen LogP contribution >= 0.6 is 23.1 Å². The number of aromatic nitrogens is 3. The van der Waals surface area contributed by atoms with Crippen molar-refractivity contribution in [3.05, 3.63) is 39.6 Å². The van der Waals surface area contributed by atoms with Crippen molar-refractivity contribution in [1.29, 1.82) is 0 Å². The number of thioether (sulfide) groups is 1. The van der Waals surface area contributed by atoms with E-state index in [-0.39, 0.29) is 5.56 Å². The zero-order chi connectivity index (χ0) is 16.5. The van der Waals surface area contributed by atoms with Crippen LogP contribution in [0.5, 0.6) is 0 Å². The van der Waals surface area contributed by atoms with Crippen LogP contribution in [0.1, 0.15) is 24.1 Å². The van der Waals surface area contributed by atoms with Crippen molar-refractivity contribution in [2.45, 2.75) is 37.1 Å². The van der Waals surface area contributed by atoms with Crippen molar-refractivity contribution in [3.63, 3.8) is 0 Å². The quantitative estimate of drug-likeness (QED) is 0.602. The van der Waals surface area contributed by atoms with Crippen molar-refractivity contribution in [2.24, 2.45) is 5.92 Å². The van der Waals surface area contributed by atoms with Crippen LogP contribution in [0, 0.1) is 12.8 Å². The lowest BCUT2D eigenvalue weighted by molar-refractivity contribution is 0.565. The van der Waals surface area contributed by atoms with Crippen LogP contribution < -0.4 is 10.9 Å². The largest absolute Gasteiger partial charge is 0.358 e. The van der Waals surface area contributed by atoms with E-state index in [2.05, 4.69) is 33.5 Å². The summed E-state index contributed by atoms with van der Waals surface area (Å²) >= 11 is 3.60. The minimum absolute atomic E-state index is 0.0552. The summed E-state index contributed by atoms with van der Waals surface area (Å²) in [5.41, 5.74) is 0.824. The lowest BCUT2D eigenvalue weighted by Gasteiger charge is -2.20. The fourth-order valence-electron chi connectivity index (χ4n) is 3.32. The molecule has 2 atom stereocenters. The molecule has 1 fully saturated rings. The first-order chi connectivity index (χ1) is 11.7. The average Bonchev–Trinajstić information content (AvgIpc) is 3.28. The third-order valence-corrected chi connectivity index (χ3v) is 6.63. The first-order valence-electron chi connectivity index (χ1n) is 8.21. The van der Waals surface area contributed by atoms with Gasteiger partial charge in [-0.2, -0.15) is 0 Å². The monoisotopic (exact) mass is 360 g/mol. The van der Waals surface area contributed by atoms with E-state index in [4.69, 9.17) is 0 Å². The molecule has 2 aromatic heterocycles. The van der Waals surface area contributed by atoms with Gasteiger partial charge in [-0.25, -0.2) is 4.98 Å². The molecule has 24 heavy (non-hydrogen) atoms. The normalized spacial score (nSPS) is 20.7. The number of H-pyrrole nitrogens is 2. The highest BCUT2D eigenvalue weighted by molar-refractivity contribution is 7.99. The number of thiazole rings is 1. The van der Waals surface area contributed by atoms with Crippen molar-refractivity contribution in [3.8, 4) is 0 Å². The highest BCUT2D eigenvalue weighted by atomic mass is 32.2. The number of anilines is 1. The van der Waals surface area contributed by atoms with Gasteiger partial charge >= 0.3 is 0 Å². The van der Waals surface area contributed by atoms with Gasteiger partial charge in [-0.05, 0) is 43.9 Å². The summed E-state index contributed by atoms with van der Waals surface area (Å²) in [4.78, 5) is 18.4. The van der Waals surface area contributed by atoms with E-state index in [1.54, 1.807) is 11.3 Å². The molecular weight excluding hydrogens is 340 g/mol. The Labute approximate surface area is 148 Å². The Morgan fingerprint density at radius 2 is 2.29 bits per heavy atom. The molecule has 126 valence electrons. The molecule has 0 radical (unpaired) electrons. The minimum Gasteiger partial charge on any atom is -0.358 e. The van der Waals surface area contributed by atoms with Crippen molar-refractivity contribution in [1.82, 2.24) is 15.2 Å². The highest BCUT2D eigenvalue weighted by Crippen LogP contribution is 2.34. The van der Waals surface area contributed by atoms with Gasteiger partial charge in [-0.1, -0.05) is 6.42 Å². The summed E-state index contributed by atoms with van der Waals surface area (Å²) in [5, 5.41) is 10.9. The zero-order valence-electron chi connectivity index (χ0n) is 13.5. The summed E-state index contributed by atoms with van der Waals surface area (Å²) in [5.74, 6) is 1.74. The van der Waals surface area contributed by atoms with Gasteiger partial charge in [0.2, 0.25) is 0 Å². The maximum atomic E-state index is 11.6. The second-order valence-corrected chi connectivity index (χ2v) is 8.64. The zero-order valence-corrected chi connectivity index (χ0v) is 15.1. The van der Waals surface area contributed by atoms with Gasteiger partial charge in [-0.3, -0.25) is 15.0 Å². The number of aryl methyl sites for hydroxylation is 1. The molecule has 2 heterocycles. The number of hydrogen-bond donors (Lipinski definition) is 3. The predicted molar refractivity (Wildman–Crippen MR) is 101 cm³/mol. The first-order valence-corrected chi connectivity index (χ1v) is 10.0. The Kier molecular flexibility index (Phi) is 4.37. The molecule has 0 saturated heterocycles. The fourth-order valence-corrected chi connectivity index (χ4v) is 5.21. The van der Waals surface area contributed by atoms with Crippen LogP contribution in [0.3, 0.4) is 0 Å². The number of nitrogens with one attached hydrogen (secondary N) is 3. The number of benzene rings is 1. The van der Waals surface area contributed by atoms with E-state index in [1.165, 1.54) is 29.0 Å². The Morgan fingerprint density at radius 1 is 1.38 bits per heavy atom. The van der Waals surface area contributed by atoms with E-state index < -0.39 is 0 Å². The van der Waals surface area contributed by atoms with Crippen molar-refractivity contribution in [2.75, 3.05) is 11.1 Å². The summed E-state index contributed by atoms with van der Waals surface area (Å²) in [6.45, 7) is 2.09. The average molecular weight is 361 g/mol. The molecule has 3 N–H and O–H groups in total. The standard InChI is InChI=1S/C17H20N4OS2/c1-10-8-18-17(24-10)19-14-4-2-3-11(14)9-23-12-5-6-13-15(7-12)20-21-16(13)22/h5-8,11,14H,2-4,9H2,1H3,(H,18,19)(H2,20,21,22). The topological polar surface area (TPSA) is 73.6 Å². The Bertz CT molecular complexity index is 897. The van der Waals surface area contributed by atoms with Crippen LogP contribution in [0.25, 0.3) is 10.9 Å². The van der Waals surface area contributed by atoms with Crippen LogP contribution in [0.15, 0.2) is 34.1 Å². The highest BCUT2D eigenvalue weighted by Gasteiger charge is 2.27. The number of aromatic amines is 2. The number of nitrogens with zero attached hydrogens (tertiary/aromatic N) is 1. The molecule has 3 aromatic rings. The molecule has 0 amide bonds. The maximum absolute atomic E-state index is 11.6. The molecule has 1 aliphatic carbocycles. The fraction of sp³-hybridized carbons (Fsp3) is 0.412.